The number of nitrogens with zero attached hydrogens (tertiary/aromatic N) is 4. The van der Waals surface area contributed by atoms with Gasteiger partial charge in [-0.1, -0.05) is 18.2 Å². The number of nitriles is 1. The van der Waals surface area contributed by atoms with E-state index in [0.717, 1.165) is 4.90 Å². The van der Waals surface area contributed by atoms with Crippen molar-refractivity contribution in [3.8, 4) is 6.07 Å². The Morgan fingerprint density at radius 1 is 1.03 bits per heavy atom. The van der Waals surface area contributed by atoms with E-state index < -0.39 is 21.8 Å². The van der Waals surface area contributed by atoms with Crippen LogP contribution < -0.4 is 10.6 Å². The molecular weight excluding hydrogens is 430 g/mol. The molecule has 1 aliphatic heterocycles. The van der Waals surface area contributed by atoms with Crippen LogP contribution in [0.4, 0.5) is 11.4 Å². The molecule has 0 aromatic heterocycles. The Hall–Kier alpha value is -3.68. The first-order valence-electron chi connectivity index (χ1n) is 9.86. The van der Waals surface area contributed by atoms with E-state index in [0.29, 0.717) is 24.5 Å². The molecule has 10 heteroatoms. The molecule has 1 aliphatic rings. The number of piperazine rings is 1. The second-order valence-electron chi connectivity index (χ2n) is 7.16. The fourth-order valence-electron chi connectivity index (χ4n) is 3.31. The highest BCUT2D eigenvalue weighted by Gasteiger charge is 2.29. The maximum atomic E-state index is 12.9. The molecule has 32 heavy (non-hydrogen) atoms. The summed E-state index contributed by atoms with van der Waals surface area (Å²) in [6.07, 6.45) is 1.38. The summed E-state index contributed by atoms with van der Waals surface area (Å²) < 4.78 is 26.9. The minimum absolute atomic E-state index is 0.203. The monoisotopic (exact) mass is 453 g/mol. The van der Waals surface area contributed by atoms with Gasteiger partial charge in [0.2, 0.25) is 15.9 Å². The molecule has 1 saturated heterocycles. The summed E-state index contributed by atoms with van der Waals surface area (Å²) in [6.45, 7) is 2.24. The molecule has 9 nitrogen and oxygen atoms in total. The fraction of sp³-hybridized carbons (Fsp3) is 0.227. The van der Waals surface area contributed by atoms with Crippen LogP contribution in [0.25, 0.3) is 0 Å². The lowest BCUT2D eigenvalue weighted by molar-refractivity contribution is -0.123. The molecule has 0 bridgehead atoms. The Balaban J connectivity index is 1.74. The molecule has 1 fully saturated rings. The van der Waals surface area contributed by atoms with Crippen molar-refractivity contribution in [2.45, 2.75) is 11.8 Å². The van der Waals surface area contributed by atoms with Gasteiger partial charge in [-0.05, 0) is 36.4 Å². The lowest BCUT2D eigenvalue weighted by Crippen LogP contribution is -2.47. The second-order valence-corrected chi connectivity index (χ2v) is 9.10. The van der Waals surface area contributed by atoms with Crippen LogP contribution in [0.15, 0.2) is 71.3 Å². The first kappa shape index (κ1) is 23.0. The summed E-state index contributed by atoms with van der Waals surface area (Å²) in [5.74, 6) is -1.30. The van der Waals surface area contributed by atoms with Crippen LogP contribution in [0.1, 0.15) is 6.92 Å². The van der Waals surface area contributed by atoms with E-state index in [2.05, 4.69) is 0 Å². The van der Waals surface area contributed by atoms with Gasteiger partial charge in [0.05, 0.1) is 10.6 Å². The summed E-state index contributed by atoms with van der Waals surface area (Å²) in [7, 11) is -3.61. The number of imide groups is 1. The van der Waals surface area contributed by atoms with Gasteiger partial charge in [0.25, 0.3) is 5.91 Å². The largest absolute Gasteiger partial charge is 0.399 e. The van der Waals surface area contributed by atoms with Crippen molar-refractivity contribution in [1.29, 1.82) is 5.26 Å². The Morgan fingerprint density at radius 3 is 2.16 bits per heavy atom. The molecule has 2 N–H and O–H groups in total. The number of hydrogen-bond acceptors (Lipinski definition) is 7. The van der Waals surface area contributed by atoms with E-state index in [1.54, 1.807) is 47.4 Å². The number of benzene rings is 2. The molecule has 0 saturated carbocycles. The molecule has 1 heterocycles. The van der Waals surface area contributed by atoms with Gasteiger partial charge in [-0.2, -0.15) is 9.57 Å². The Labute approximate surface area is 187 Å². The Kier molecular flexibility index (Phi) is 6.92. The van der Waals surface area contributed by atoms with Crippen molar-refractivity contribution in [2.75, 3.05) is 36.8 Å². The van der Waals surface area contributed by atoms with Crippen LogP contribution in [-0.4, -0.2) is 55.6 Å². The smallest absolute Gasteiger partial charge is 0.277 e. The zero-order chi connectivity index (χ0) is 23.3. The van der Waals surface area contributed by atoms with Crippen molar-refractivity contribution < 1.29 is 18.0 Å². The number of amides is 2. The van der Waals surface area contributed by atoms with Gasteiger partial charge in [0.1, 0.15) is 11.6 Å². The molecule has 2 aromatic rings. The summed E-state index contributed by atoms with van der Waals surface area (Å²) in [5.41, 5.74) is 6.21. The first-order chi connectivity index (χ1) is 15.2. The zero-order valence-corrected chi connectivity index (χ0v) is 18.3. The van der Waals surface area contributed by atoms with Crippen molar-refractivity contribution in [2.24, 2.45) is 0 Å². The molecule has 0 radical (unpaired) electrons. The molecule has 0 unspecified atom stereocenters. The van der Waals surface area contributed by atoms with Gasteiger partial charge < -0.3 is 10.6 Å². The summed E-state index contributed by atoms with van der Waals surface area (Å²) in [4.78, 5) is 27.9. The molecule has 0 atom stereocenters. The quantitative estimate of drug-likeness (QED) is 0.413. The average molecular weight is 454 g/mol. The SMILES string of the molecule is CC(=O)N(C(=O)/C(C#N)=C\N1CCN(S(=O)(=O)c2ccccc2)CC1)c1ccc(N)cc1. The third-order valence-electron chi connectivity index (χ3n) is 4.99. The van der Waals surface area contributed by atoms with Gasteiger partial charge in [0.15, 0.2) is 0 Å². The van der Waals surface area contributed by atoms with Crippen molar-refractivity contribution in [3.05, 3.63) is 66.4 Å². The van der Waals surface area contributed by atoms with E-state index in [9.17, 15) is 23.3 Å². The third-order valence-corrected chi connectivity index (χ3v) is 6.90. The minimum atomic E-state index is -3.61. The normalized spacial score (nSPS) is 15.1. The van der Waals surface area contributed by atoms with Gasteiger partial charge in [0, 0.05) is 45.0 Å². The maximum absolute atomic E-state index is 12.9. The van der Waals surface area contributed by atoms with Crippen LogP contribution in [0.2, 0.25) is 0 Å². The lowest BCUT2D eigenvalue weighted by Gasteiger charge is -2.33. The van der Waals surface area contributed by atoms with Crippen molar-refractivity contribution >= 4 is 33.2 Å². The van der Waals surface area contributed by atoms with Gasteiger partial charge in [-0.3, -0.25) is 9.59 Å². The first-order valence-corrected chi connectivity index (χ1v) is 11.3. The Morgan fingerprint density at radius 2 is 1.62 bits per heavy atom. The van der Waals surface area contributed by atoms with E-state index in [1.807, 2.05) is 6.07 Å². The molecule has 3 rings (SSSR count). The van der Waals surface area contributed by atoms with Crippen LogP contribution >= 0.6 is 0 Å². The topological polar surface area (TPSA) is 128 Å². The van der Waals surface area contributed by atoms with Crippen molar-refractivity contribution in [1.82, 2.24) is 9.21 Å². The lowest BCUT2D eigenvalue weighted by atomic mass is 10.2. The highest BCUT2D eigenvalue weighted by molar-refractivity contribution is 7.89. The van der Waals surface area contributed by atoms with Crippen LogP contribution in [0.5, 0.6) is 0 Å². The molecule has 0 spiro atoms. The van der Waals surface area contributed by atoms with Crippen LogP contribution in [0.3, 0.4) is 0 Å². The number of sulfonamides is 1. The van der Waals surface area contributed by atoms with Gasteiger partial charge in [-0.15, -0.1) is 0 Å². The number of rotatable bonds is 5. The molecule has 0 aliphatic carbocycles. The predicted molar refractivity (Wildman–Crippen MR) is 119 cm³/mol. The van der Waals surface area contributed by atoms with Gasteiger partial charge >= 0.3 is 0 Å². The van der Waals surface area contributed by atoms with Crippen LogP contribution in [-0.2, 0) is 19.6 Å². The second kappa shape index (κ2) is 9.64. The maximum Gasteiger partial charge on any atom is 0.277 e. The number of hydrogen-bond donors (Lipinski definition) is 1. The predicted octanol–water partition coefficient (Wildman–Crippen LogP) is 1.56. The molecular formula is C22H23N5O4S. The number of anilines is 2. The van der Waals surface area contributed by atoms with Gasteiger partial charge in [-0.25, -0.2) is 13.3 Å². The van der Waals surface area contributed by atoms with E-state index in [-0.39, 0.29) is 23.6 Å². The Bertz CT molecular complexity index is 1160. The molecule has 166 valence electrons. The summed E-state index contributed by atoms with van der Waals surface area (Å²) in [6, 6.07) is 16.2. The fourth-order valence-corrected chi connectivity index (χ4v) is 4.76. The van der Waals surface area contributed by atoms with E-state index in [4.69, 9.17) is 5.73 Å². The minimum Gasteiger partial charge on any atom is -0.399 e. The summed E-state index contributed by atoms with van der Waals surface area (Å²) >= 11 is 0. The number of carbonyl (C=O) groups is 2. The number of nitrogen functional groups attached to an aromatic ring is 1. The van der Waals surface area contributed by atoms with Crippen LogP contribution in [0, 0.1) is 11.3 Å². The molecule has 2 aromatic carbocycles. The van der Waals surface area contributed by atoms with E-state index >= 15 is 0 Å². The highest BCUT2D eigenvalue weighted by atomic mass is 32.2. The standard InChI is InChI=1S/C22H23N5O4S/c1-17(28)27(20-9-7-19(24)8-10-20)22(29)18(15-23)16-25-11-13-26(14-12-25)32(30,31)21-5-3-2-4-6-21/h2-10,16H,11-14,24H2,1H3/b18-16-. The number of carbonyl (C=O) groups excluding carboxylic acids is 2. The molecule has 2 amide bonds. The third kappa shape index (κ3) is 4.96. The zero-order valence-electron chi connectivity index (χ0n) is 17.5. The van der Waals surface area contributed by atoms with E-state index in [1.165, 1.54) is 29.6 Å². The number of nitrogens with two attached hydrogens (primary N) is 1. The summed E-state index contributed by atoms with van der Waals surface area (Å²) in [5, 5.41) is 9.55. The highest BCUT2D eigenvalue weighted by Crippen LogP contribution is 2.21. The van der Waals surface area contributed by atoms with Crippen molar-refractivity contribution in [3.63, 3.8) is 0 Å². The average Bonchev–Trinajstić information content (AvgIpc) is 2.79.